The van der Waals surface area contributed by atoms with Crippen LogP contribution in [0.25, 0.3) is 0 Å². The van der Waals surface area contributed by atoms with E-state index in [2.05, 4.69) is 19.2 Å². The fraction of sp³-hybridized carbons (Fsp3) is 1.00. The highest BCUT2D eigenvalue weighted by Gasteiger charge is 2.30. The van der Waals surface area contributed by atoms with Crippen LogP contribution in [-0.2, 0) is 15.5 Å². The minimum atomic E-state index is -0.673. The molecule has 5 atom stereocenters. The topological polar surface area (TPSA) is 38.3 Å². The SMILES string of the molecule is CCNC(CS(=O)C1CCCC(C)C1)C1CCOC1. The van der Waals surface area contributed by atoms with Crippen LogP contribution in [-0.4, -0.2) is 41.0 Å². The van der Waals surface area contributed by atoms with Gasteiger partial charge in [-0.25, -0.2) is 0 Å². The zero-order chi connectivity index (χ0) is 13.7. The van der Waals surface area contributed by atoms with Crippen molar-refractivity contribution in [2.75, 3.05) is 25.5 Å². The van der Waals surface area contributed by atoms with Crippen molar-refractivity contribution in [3.05, 3.63) is 0 Å². The Morgan fingerprint density at radius 1 is 1.37 bits per heavy atom. The molecule has 0 amide bonds. The van der Waals surface area contributed by atoms with Crippen LogP contribution in [0.4, 0.5) is 0 Å². The quantitative estimate of drug-likeness (QED) is 0.815. The first kappa shape index (κ1) is 15.5. The van der Waals surface area contributed by atoms with Crippen molar-refractivity contribution in [2.45, 2.75) is 57.2 Å². The van der Waals surface area contributed by atoms with E-state index >= 15 is 0 Å². The van der Waals surface area contributed by atoms with Crippen LogP contribution in [0.1, 0.15) is 46.0 Å². The van der Waals surface area contributed by atoms with Crippen molar-refractivity contribution in [1.29, 1.82) is 0 Å². The minimum Gasteiger partial charge on any atom is -0.381 e. The summed E-state index contributed by atoms with van der Waals surface area (Å²) in [6, 6.07) is 0.380. The van der Waals surface area contributed by atoms with Gasteiger partial charge in [0.25, 0.3) is 0 Å². The van der Waals surface area contributed by atoms with Gasteiger partial charge < -0.3 is 10.1 Å². The van der Waals surface area contributed by atoms with Crippen LogP contribution < -0.4 is 5.32 Å². The second-order valence-corrected chi connectivity index (χ2v) is 7.99. The highest BCUT2D eigenvalue weighted by atomic mass is 32.2. The van der Waals surface area contributed by atoms with Gasteiger partial charge in [-0.3, -0.25) is 4.21 Å². The Hall–Kier alpha value is 0.0700. The molecule has 1 saturated carbocycles. The summed E-state index contributed by atoms with van der Waals surface area (Å²) in [5, 5.41) is 3.97. The summed E-state index contributed by atoms with van der Waals surface area (Å²) in [7, 11) is -0.673. The zero-order valence-corrected chi connectivity index (χ0v) is 13.2. The van der Waals surface area contributed by atoms with Crippen LogP contribution in [0.15, 0.2) is 0 Å². The van der Waals surface area contributed by atoms with Gasteiger partial charge in [-0.05, 0) is 31.7 Å². The van der Waals surface area contributed by atoms with Crippen LogP contribution in [0, 0.1) is 11.8 Å². The molecule has 0 bridgehead atoms. The fourth-order valence-electron chi connectivity index (χ4n) is 3.42. The van der Waals surface area contributed by atoms with E-state index in [1.54, 1.807) is 0 Å². The average molecular weight is 287 g/mol. The third kappa shape index (κ3) is 4.54. The van der Waals surface area contributed by atoms with Gasteiger partial charge in [0.2, 0.25) is 0 Å². The maximum atomic E-state index is 12.6. The molecule has 1 N–H and O–H groups in total. The van der Waals surface area contributed by atoms with Crippen LogP contribution in [0.3, 0.4) is 0 Å². The first-order valence-electron chi connectivity index (χ1n) is 7.89. The largest absolute Gasteiger partial charge is 0.381 e. The lowest BCUT2D eigenvalue weighted by Crippen LogP contribution is -2.42. The number of hydrogen-bond donors (Lipinski definition) is 1. The maximum Gasteiger partial charge on any atom is 0.0510 e. The van der Waals surface area contributed by atoms with Crippen LogP contribution in [0.5, 0.6) is 0 Å². The molecule has 3 nitrogen and oxygen atoms in total. The Labute approximate surface area is 120 Å². The normalized spacial score (nSPS) is 35.2. The van der Waals surface area contributed by atoms with Gasteiger partial charge in [0.05, 0.1) is 6.61 Å². The molecule has 19 heavy (non-hydrogen) atoms. The Bertz CT molecular complexity index is 292. The Morgan fingerprint density at radius 3 is 2.84 bits per heavy atom. The van der Waals surface area contributed by atoms with E-state index < -0.39 is 10.8 Å². The van der Waals surface area contributed by atoms with Crippen molar-refractivity contribution < 1.29 is 8.95 Å². The summed E-state index contributed by atoms with van der Waals surface area (Å²) < 4.78 is 18.1. The lowest BCUT2D eigenvalue weighted by atomic mass is 9.91. The van der Waals surface area contributed by atoms with Crippen molar-refractivity contribution in [3.63, 3.8) is 0 Å². The van der Waals surface area contributed by atoms with Gasteiger partial charge in [0.1, 0.15) is 0 Å². The highest BCUT2D eigenvalue weighted by molar-refractivity contribution is 7.85. The van der Waals surface area contributed by atoms with E-state index in [9.17, 15) is 4.21 Å². The molecule has 5 unspecified atom stereocenters. The van der Waals surface area contributed by atoms with Crippen molar-refractivity contribution in [2.24, 2.45) is 11.8 Å². The molecule has 4 heteroatoms. The van der Waals surface area contributed by atoms with Crippen molar-refractivity contribution in [3.8, 4) is 0 Å². The minimum absolute atomic E-state index is 0.380. The molecule has 112 valence electrons. The monoisotopic (exact) mass is 287 g/mol. The predicted octanol–water partition coefficient (Wildman–Crippen LogP) is 2.33. The van der Waals surface area contributed by atoms with E-state index in [0.29, 0.717) is 17.2 Å². The lowest BCUT2D eigenvalue weighted by Gasteiger charge is -2.29. The average Bonchev–Trinajstić information content (AvgIpc) is 2.92. The Kier molecular flexibility index (Phi) is 6.30. The summed E-state index contributed by atoms with van der Waals surface area (Å²) >= 11 is 0. The van der Waals surface area contributed by atoms with Crippen molar-refractivity contribution >= 4 is 10.8 Å². The summed E-state index contributed by atoms with van der Waals surface area (Å²) in [6.07, 6.45) is 6.02. The van der Waals surface area contributed by atoms with Gasteiger partial charge in [0.15, 0.2) is 0 Å². The molecular formula is C15H29NO2S. The molecule has 1 aliphatic heterocycles. The lowest BCUT2D eigenvalue weighted by molar-refractivity contribution is 0.179. The van der Waals surface area contributed by atoms with E-state index in [-0.39, 0.29) is 0 Å². The Morgan fingerprint density at radius 2 is 2.21 bits per heavy atom. The highest BCUT2D eigenvalue weighted by Crippen LogP contribution is 2.28. The van der Waals surface area contributed by atoms with E-state index in [1.165, 1.54) is 12.8 Å². The summed E-state index contributed by atoms with van der Waals surface area (Å²) in [5.74, 6) is 2.14. The smallest absolute Gasteiger partial charge is 0.0510 e. The predicted molar refractivity (Wildman–Crippen MR) is 80.8 cm³/mol. The molecule has 1 heterocycles. The fourth-order valence-corrected chi connectivity index (χ4v) is 5.41. The third-order valence-corrected chi connectivity index (χ3v) is 6.46. The first-order valence-corrected chi connectivity index (χ1v) is 9.27. The standard InChI is InChI=1S/C15H29NO2S/c1-3-16-15(13-7-8-18-10-13)11-19(17)14-6-4-5-12(2)9-14/h12-16H,3-11H2,1-2H3. The van der Waals surface area contributed by atoms with Crippen molar-refractivity contribution in [1.82, 2.24) is 5.32 Å². The molecule has 2 aliphatic rings. The third-order valence-electron chi connectivity index (χ3n) is 4.60. The van der Waals surface area contributed by atoms with Gasteiger partial charge >= 0.3 is 0 Å². The molecule has 0 spiro atoms. The summed E-state index contributed by atoms with van der Waals surface area (Å²) in [6.45, 7) is 7.11. The number of ether oxygens (including phenoxy) is 1. The molecule has 2 fully saturated rings. The molecule has 0 radical (unpaired) electrons. The molecule has 1 saturated heterocycles. The molecule has 0 aromatic heterocycles. The molecule has 2 rings (SSSR count). The van der Waals surface area contributed by atoms with E-state index in [4.69, 9.17) is 4.74 Å². The van der Waals surface area contributed by atoms with Gasteiger partial charge in [0, 0.05) is 40.4 Å². The molecule has 0 aromatic rings. The number of hydrogen-bond acceptors (Lipinski definition) is 3. The first-order chi connectivity index (χ1) is 9.20. The number of rotatable bonds is 6. The molecular weight excluding hydrogens is 258 g/mol. The second-order valence-electron chi connectivity index (χ2n) is 6.23. The van der Waals surface area contributed by atoms with Gasteiger partial charge in [-0.1, -0.05) is 26.7 Å². The van der Waals surface area contributed by atoms with Gasteiger partial charge in [-0.2, -0.15) is 0 Å². The van der Waals surface area contributed by atoms with Crippen LogP contribution in [0.2, 0.25) is 0 Å². The van der Waals surface area contributed by atoms with E-state index in [1.807, 2.05) is 0 Å². The van der Waals surface area contributed by atoms with Gasteiger partial charge in [-0.15, -0.1) is 0 Å². The van der Waals surface area contributed by atoms with Crippen LogP contribution >= 0.6 is 0 Å². The molecule has 1 aliphatic carbocycles. The number of nitrogens with one attached hydrogen (secondary N) is 1. The maximum absolute atomic E-state index is 12.6. The zero-order valence-electron chi connectivity index (χ0n) is 12.4. The summed E-state index contributed by atoms with van der Waals surface area (Å²) in [5.41, 5.74) is 0. The Balaban J connectivity index is 1.86. The second kappa shape index (κ2) is 7.75. The summed E-state index contributed by atoms with van der Waals surface area (Å²) in [4.78, 5) is 0. The molecule has 0 aromatic carbocycles. The van der Waals surface area contributed by atoms with E-state index in [0.717, 1.165) is 50.7 Å².